The first-order valence-electron chi connectivity index (χ1n) is 6.23. The van der Waals surface area contributed by atoms with Crippen molar-refractivity contribution >= 4 is 28.5 Å². The van der Waals surface area contributed by atoms with E-state index in [1.807, 2.05) is 24.3 Å². The van der Waals surface area contributed by atoms with Crippen molar-refractivity contribution in [2.45, 2.75) is 10.8 Å². The number of nitrogens with one attached hydrogen (secondary N) is 2. The van der Waals surface area contributed by atoms with Gasteiger partial charge in [-0.1, -0.05) is 24.3 Å². The lowest BCUT2D eigenvalue weighted by Gasteiger charge is -2.05. The van der Waals surface area contributed by atoms with E-state index in [0.29, 0.717) is 5.69 Å². The van der Waals surface area contributed by atoms with Crippen LogP contribution in [0.25, 0.3) is 10.9 Å². The molecule has 0 spiro atoms. The topological polar surface area (TPSA) is 78.6 Å². The standard InChI is InChI=1S/C15H14N4S/c16-15(17)14-11(5-3-7-18-14)9-20-13-8-10-4-1-2-6-12(10)19-13/h1-8,19H,9H2,(H3,16,17). The maximum atomic E-state index is 7.55. The number of hydrogen-bond acceptors (Lipinski definition) is 3. The first kappa shape index (κ1) is 12.7. The van der Waals surface area contributed by atoms with E-state index in [-0.39, 0.29) is 5.84 Å². The van der Waals surface area contributed by atoms with Gasteiger partial charge in [0.2, 0.25) is 0 Å². The average Bonchev–Trinajstić information content (AvgIpc) is 2.88. The minimum atomic E-state index is 0.0119. The second-order valence-corrected chi connectivity index (χ2v) is 5.45. The lowest BCUT2D eigenvalue weighted by atomic mass is 10.2. The molecule has 1 aromatic carbocycles. The predicted octanol–water partition coefficient (Wildman–Crippen LogP) is 3.14. The van der Waals surface area contributed by atoms with E-state index in [9.17, 15) is 0 Å². The average molecular weight is 282 g/mol. The zero-order valence-corrected chi connectivity index (χ0v) is 11.6. The lowest BCUT2D eigenvalue weighted by molar-refractivity contribution is 1.18. The molecule has 0 fully saturated rings. The molecule has 4 N–H and O–H groups in total. The van der Waals surface area contributed by atoms with Crippen molar-refractivity contribution in [3.05, 3.63) is 59.9 Å². The number of nitrogen functional groups attached to an aromatic ring is 1. The number of para-hydroxylation sites is 1. The molecule has 2 heterocycles. The molecule has 4 nitrogen and oxygen atoms in total. The van der Waals surface area contributed by atoms with Crippen LogP contribution < -0.4 is 5.73 Å². The highest BCUT2D eigenvalue weighted by atomic mass is 32.2. The maximum absolute atomic E-state index is 7.55. The number of aromatic amines is 1. The van der Waals surface area contributed by atoms with E-state index < -0.39 is 0 Å². The summed E-state index contributed by atoms with van der Waals surface area (Å²) in [6, 6.07) is 14.1. The minimum Gasteiger partial charge on any atom is -0.382 e. The van der Waals surface area contributed by atoms with Gasteiger partial charge in [0, 0.05) is 22.9 Å². The Morgan fingerprint density at radius 2 is 2.10 bits per heavy atom. The number of thioether (sulfide) groups is 1. The summed E-state index contributed by atoms with van der Waals surface area (Å²) in [5.41, 5.74) is 8.22. The molecular formula is C15H14N4S. The summed E-state index contributed by atoms with van der Waals surface area (Å²) in [7, 11) is 0. The van der Waals surface area contributed by atoms with E-state index in [2.05, 4.69) is 28.2 Å². The third-order valence-corrected chi connectivity index (χ3v) is 4.02. The molecule has 0 unspecified atom stereocenters. The van der Waals surface area contributed by atoms with Crippen molar-refractivity contribution in [3.63, 3.8) is 0 Å². The number of H-pyrrole nitrogens is 1. The smallest absolute Gasteiger partial charge is 0.142 e. The summed E-state index contributed by atoms with van der Waals surface area (Å²) in [6.07, 6.45) is 1.66. The number of fused-ring (bicyclic) bond motifs is 1. The summed E-state index contributed by atoms with van der Waals surface area (Å²) < 4.78 is 0. The highest BCUT2D eigenvalue weighted by Crippen LogP contribution is 2.26. The molecule has 3 aromatic rings. The Bertz CT molecular complexity index is 730. The van der Waals surface area contributed by atoms with Crippen LogP contribution in [0.2, 0.25) is 0 Å². The van der Waals surface area contributed by atoms with Gasteiger partial charge in [-0.05, 0) is 23.8 Å². The molecule has 0 aliphatic rings. The monoisotopic (exact) mass is 282 g/mol. The summed E-state index contributed by atoms with van der Waals surface area (Å²) in [5, 5.41) is 9.85. The summed E-state index contributed by atoms with van der Waals surface area (Å²) in [6.45, 7) is 0. The largest absolute Gasteiger partial charge is 0.382 e. The van der Waals surface area contributed by atoms with Crippen LogP contribution >= 0.6 is 11.8 Å². The molecule has 0 saturated carbocycles. The van der Waals surface area contributed by atoms with Crippen LogP contribution in [0.4, 0.5) is 0 Å². The van der Waals surface area contributed by atoms with Gasteiger partial charge >= 0.3 is 0 Å². The molecule has 0 atom stereocenters. The van der Waals surface area contributed by atoms with Gasteiger partial charge in [-0.25, -0.2) is 0 Å². The Morgan fingerprint density at radius 1 is 1.25 bits per heavy atom. The number of nitrogens with zero attached hydrogens (tertiary/aromatic N) is 1. The molecule has 0 bridgehead atoms. The van der Waals surface area contributed by atoms with Crippen LogP contribution in [-0.4, -0.2) is 15.8 Å². The third-order valence-electron chi connectivity index (χ3n) is 3.03. The fourth-order valence-electron chi connectivity index (χ4n) is 2.08. The molecule has 5 heteroatoms. The SMILES string of the molecule is N=C(N)c1ncccc1CSc1cc2ccccc2[nH]1. The zero-order valence-electron chi connectivity index (χ0n) is 10.8. The van der Waals surface area contributed by atoms with Crippen LogP contribution in [0.1, 0.15) is 11.3 Å². The van der Waals surface area contributed by atoms with Gasteiger partial charge < -0.3 is 10.7 Å². The van der Waals surface area contributed by atoms with Gasteiger partial charge in [-0.3, -0.25) is 10.4 Å². The van der Waals surface area contributed by atoms with Gasteiger partial charge in [0.05, 0.1) is 5.03 Å². The summed E-state index contributed by atoms with van der Waals surface area (Å²) in [4.78, 5) is 7.53. The minimum absolute atomic E-state index is 0.0119. The van der Waals surface area contributed by atoms with Crippen molar-refractivity contribution in [2.24, 2.45) is 5.73 Å². The second-order valence-electron chi connectivity index (χ2n) is 4.43. The highest BCUT2D eigenvalue weighted by molar-refractivity contribution is 7.98. The van der Waals surface area contributed by atoms with Crippen molar-refractivity contribution in [2.75, 3.05) is 0 Å². The Hall–Kier alpha value is -2.27. The van der Waals surface area contributed by atoms with Gasteiger partial charge in [0.25, 0.3) is 0 Å². The molecule has 0 radical (unpaired) electrons. The van der Waals surface area contributed by atoms with Gasteiger partial charge in [-0.2, -0.15) is 0 Å². The van der Waals surface area contributed by atoms with E-state index in [4.69, 9.17) is 11.1 Å². The number of aromatic nitrogens is 2. The van der Waals surface area contributed by atoms with Crippen LogP contribution in [-0.2, 0) is 5.75 Å². The second kappa shape index (κ2) is 5.38. The molecular weight excluding hydrogens is 268 g/mol. The number of pyridine rings is 1. The van der Waals surface area contributed by atoms with E-state index in [1.165, 1.54) is 5.39 Å². The van der Waals surface area contributed by atoms with Crippen LogP contribution in [0, 0.1) is 5.41 Å². The highest BCUT2D eigenvalue weighted by Gasteiger charge is 2.07. The van der Waals surface area contributed by atoms with Crippen LogP contribution in [0.15, 0.2) is 53.7 Å². The molecule has 20 heavy (non-hydrogen) atoms. The van der Waals surface area contributed by atoms with Crippen molar-refractivity contribution in [1.82, 2.24) is 9.97 Å². The molecule has 2 aromatic heterocycles. The summed E-state index contributed by atoms with van der Waals surface area (Å²) >= 11 is 1.68. The van der Waals surface area contributed by atoms with Crippen LogP contribution in [0.3, 0.4) is 0 Å². The fourth-order valence-corrected chi connectivity index (χ4v) is 3.01. The summed E-state index contributed by atoms with van der Waals surface area (Å²) in [5.74, 6) is 0.744. The normalized spacial score (nSPS) is 10.8. The van der Waals surface area contributed by atoms with Crippen molar-refractivity contribution < 1.29 is 0 Å². The first-order chi connectivity index (χ1) is 9.74. The first-order valence-corrected chi connectivity index (χ1v) is 7.21. The molecule has 3 rings (SSSR count). The van der Waals surface area contributed by atoms with Gasteiger partial charge in [0.1, 0.15) is 11.5 Å². The Labute approximate surface area is 120 Å². The number of benzene rings is 1. The fraction of sp³-hybridized carbons (Fsp3) is 0.0667. The number of amidine groups is 1. The lowest BCUT2D eigenvalue weighted by Crippen LogP contribution is -2.15. The molecule has 100 valence electrons. The van der Waals surface area contributed by atoms with E-state index in [0.717, 1.165) is 21.9 Å². The Kier molecular flexibility index (Phi) is 3.43. The van der Waals surface area contributed by atoms with Crippen LogP contribution in [0.5, 0.6) is 0 Å². The van der Waals surface area contributed by atoms with Gasteiger partial charge in [0.15, 0.2) is 0 Å². The van der Waals surface area contributed by atoms with Gasteiger partial charge in [-0.15, -0.1) is 11.8 Å². The van der Waals surface area contributed by atoms with E-state index in [1.54, 1.807) is 18.0 Å². The maximum Gasteiger partial charge on any atom is 0.142 e. The Morgan fingerprint density at radius 3 is 2.90 bits per heavy atom. The number of hydrogen-bond donors (Lipinski definition) is 3. The molecule has 0 aliphatic heterocycles. The predicted molar refractivity (Wildman–Crippen MR) is 83.1 cm³/mol. The van der Waals surface area contributed by atoms with Crippen molar-refractivity contribution in [1.29, 1.82) is 5.41 Å². The number of rotatable bonds is 4. The molecule has 0 saturated heterocycles. The number of nitrogens with two attached hydrogens (primary N) is 1. The van der Waals surface area contributed by atoms with Crippen molar-refractivity contribution in [3.8, 4) is 0 Å². The van der Waals surface area contributed by atoms with E-state index >= 15 is 0 Å². The third kappa shape index (κ3) is 2.53. The molecule has 0 aliphatic carbocycles. The Balaban J connectivity index is 1.81. The molecule has 0 amide bonds. The zero-order chi connectivity index (χ0) is 13.9. The quantitative estimate of drug-likeness (QED) is 0.391.